The standard InChI is InChI=1S/C10H10ClN3S/c1-12-6-9-10(13-14-15-9)7-2-4-8(11)5-3-7/h2-5,12H,6H2,1H3. The van der Waals surface area contributed by atoms with Gasteiger partial charge in [-0.25, -0.2) is 0 Å². The SMILES string of the molecule is CNCc1snnc1-c1ccc(Cl)cc1. The van der Waals surface area contributed by atoms with Gasteiger partial charge in [0.25, 0.3) is 0 Å². The lowest BCUT2D eigenvalue weighted by molar-refractivity contribution is 0.830. The summed E-state index contributed by atoms with van der Waals surface area (Å²) in [6.45, 7) is 0.787. The van der Waals surface area contributed by atoms with E-state index in [1.165, 1.54) is 11.5 Å². The van der Waals surface area contributed by atoms with Crippen LogP contribution in [-0.4, -0.2) is 16.6 Å². The highest BCUT2D eigenvalue weighted by atomic mass is 35.5. The molecule has 78 valence electrons. The Balaban J connectivity index is 2.36. The van der Waals surface area contributed by atoms with Crippen LogP contribution in [0.25, 0.3) is 11.3 Å². The first-order chi connectivity index (χ1) is 7.31. The van der Waals surface area contributed by atoms with Gasteiger partial charge in [-0.1, -0.05) is 28.2 Å². The highest BCUT2D eigenvalue weighted by molar-refractivity contribution is 7.05. The van der Waals surface area contributed by atoms with Crippen molar-refractivity contribution in [3.8, 4) is 11.3 Å². The molecule has 0 saturated heterocycles. The molecule has 2 aromatic rings. The minimum atomic E-state index is 0.733. The predicted octanol–water partition coefficient (Wildman–Crippen LogP) is 2.58. The van der Waals surface area contributed by atoms with E-state index in [4.69, 9.17) is 11.6 Å². The molecule has 3 nitrogen and oxygen atoms in total. The lowest BCUT2D eigenvalue weighted by Crippen LogP contribution is -2.04. The number of hydrogen-bond donors (Lipinski definition) is 1. The van der Waals surface area contributed by atoms with Crippen LogP contribution in [0.5, 0.6) is 0 Å². The van der Waals surface area contributed by atoms with Crippen LogP contribution >= 0.6 is 23.1 Å². The van der Waals surface area contributed by atoms with Gasteiger partial charge in [-0.05, 0) is 30.7 Å². The summed E-state index contributed by atoms with van der Waals surface area (Å²) >= 11 is 7.24. The van der Waals surface area contributed by atoms with Gasteiger partial charge in [0.15, 0.2) is 0 Å². The summed E-state index contributed by atoms with van der Waals surface area (Å²) in [6, 6.07) is 7.63. The lowest BCUT2D eigenvalue weighted by atomic mass is 10.1. The molecule has 0 unspecified atom stereocenters. The summed E-state index contributed by atoms with van der Waals surface area (Å²) in [5, 5.41) is 7.95. The minimum absolute atomic E-state index is 0.733. The average Bonchev–Trinajstić information content (AvgIpc) is 2.68. The van der Waals surface area contributed by atoms with Crippen molar-refractivity contribution in [2.45, 2.75) is 6.54 Å². The molecule has 0 atom stereocenters. The van der Waals surface area contributed by atoms with Crippen molar-refractivity contribution in [2.24, 2.45) is 0 Å². The van der Waals surface area contributed by atoms with Gasteiger partial charge in [-0.15, -0.1) is 5.10 Å². The molecule has 0 radical (unpaired) electrons. The Morgan fingerprint density at radius 2 is 2.07 bits per heavy atom. The summed E-state index contributed by atoms with van der Waals surface area (Å²) in [5.41, 5.74) is 1.99. The molecule has 5 heteroatoms. The number of benzene rings is 1. The van der Waals surface area contributed by atoms with E-state index in [0.717, 1.165) is 27.7 Å². The molecule has 0 bridgehead atoms. The normalized spacial score (nSPS) is 10.5. The van der Waals surface area contributed by atoms with Gasteiger partial charge in [0.2, 0.25) is 0 Å². The summed E-state index contributed by atoms with van der Waals surface area (Å²) in [6.07, 6.45) is 0. The zero-order valence-electron chi connectivity index (χ0n) is 8.20. The molecule has 0 amide bonds. The van der Waals surface area contributed by atoms with E-state index in [2.05, 4.69) is 14.9 Å². The zero-order valence-corrected chi connectivity index (χ0v) is 9.77. The van der Waals surface area contributed by atoms with Gasteiger partial charge >= 0.3 is 0 Å². The van der Waals surface area contributed by atoms with Gasteiger partial charge in [0, 0.05) is 17.1 Å². The molecule has 0 aliphatic rings. The van der Waals surface area contributed by atoms with Crippen LogP contribution in [-0.2, 0) is 6.54 Å². The maximum Gasteiger partial charge on any atom is 0.110 e. The summed E-state index contributed by atoms with van der Waals surface area (Å²) < 4.78 is 3.96. The molecule has 0 fully saturated rings. The van der Waals surface area contributed by atoms with Gasteiger partial charge in [0.05, 0.1) is 4.88 Å². The first-order valence-electron chi connectivity index (χ1n) is 4.53. The van der Waals surface area contributed by atoms with E-state index in [-0.39, 0.29) is 0 Å². The number of nitrogens with one attached hydrogen (secondary N) is 1. The molecule has 1 heterocycles. The molecule has 1 aromatic carbocycles. The maximum atomic E-state index is 5.83. The average molecular weight is 240 g/mol. The smallest absolute Gasteiger partial charge is 0.110 e. The largest absolute Gasteiger partial charge is 0.315 e. The van der Waals surface area contributed by atoms with Crippen molar-refractivity contribution in [3.63, 3.8) is 0 Å². The van der Waals surface area contributed by atoms with Crippen LogP contribution in [0.1, 0.15) is 4.88 Å². The van der Waals surface area contributed by atoms with E-state index < -0.39 is 0 Å². The number of aromatic nitrogens is 2. The third-order valence-corrected chi connectivity index (χ3v) is 2.98. The zero-order chi connectivity index (χ0) is 10.7. The van der Waals surface area contributed by atoms with Gasteiger partial charge < -0.3 is 5.32 Å². The molecule has 15 heavy (non-hydrogen) atoms. The first kappa shape index (κ1) is 10.5. The molecular weight excluding hydrogens is 230 g/mol. The Morgan fingerprint density at radius 3 is 2.73 bits per heavy atom. The fourth-order valence-electron chi connectivity index (χ4n) is 1.31. The maximum absolute atomic E-state index is 5.83. The Hall–Kier alpha value is -0.970. The van der Waals surface area contributed by atoms with Crippen molar-refractivity contribution in [1.82, 2.24) is 14.9 Å². The Bertz CT molecular complexity index is 438. The highest BCUT2D eigenvalue weighted by Crippen LogP contribution is 2.24. The van der Waals surface area contributed by atoms with Crippen LogP contribution in [0.2, 0.25) is 5.02 Å². The van der Waals surface area contributed by atoms with E-state index in [1.807, 2.05) is 31.3 Å². The van der Waals surface area contributed by atoms with Crippen molar-refractivity contribution in [3.05, 3.63) is 34.2 Å². The monoisotopic (exact) mass is 239 g/mol. The topological polar surface area (TPSA) is 37.8 Å². The van der Waals surface area contributed by atoms with Crippen LogP contribution in [0.3, 0.4) is 0 Å². The van der Waals surface area contributed by atoms with Crippen LogP contribution in [0.4, 0.5) is 0 Å². The van der Waals surface area contributed by atoms with Crippen molar-refractivity contribution in [2.75, 3.05) is 7.05 Å². The van der Waals surface area contributed by atoms with E-state index in [0.29, 0.717) is 0 Å². The minimum Gasteiger partial charge on any atom is -0.315 e. The van der Waals surface area contributed by atoms with Crippen molar-refractivity contribution in [1.29, 1.82) is 0 Å². The molecule has 0 saturated carbocycles. The third kappa shape index (κ3) is 2.34. The first-order valence-corrected chi connectivity index (χ1v) is 5.68. The predicted molar refractivity (Wildman–Crippen MR) is 63.1 cm³/mol. The summed E-state index contributed by atoms with van der Waals surface area (Å²) in [5.74, 6) is 0. The van der Waals surface area contributed by atoms with Crippen LogP contribution in [0.15, 0.2) is 24.3 Å². The number of halogens is 1. The Labute approximate surface area is 97.3 Å². The van der Waals surface area contributed by atoms with Gasteiger partial charge in [-0.2, -0.15) is 0 Å². The van der Waals surface area contributed by atoms with Crippen LogP contribution < -0.4 is 5.32 Å². The van der Waals surface area contributed by atoms with Crippen molar-refractivity contribution >= 4 is 23.1 Å². The number of hydrogen-bond acceptors (Lipinski definition) is 4. The fourth-order valence-corrected chi connectivity index (χ4v) is 2.11. The molecule has 0 aliphatic heterocycles. The second-order valence-corrected chi connectivity index (χ2v) is 4.36. The molecule has 1 aromatic heterocycles. The van der Waals surface area contributed by atoms with E-state index in [9.17, 15) is 0 Å². The van der Waals surface area contributed by atoms with Crippen LogP contribution in [0, 0.1) is 0 Å². The van der Waals surface area contributed by atoms with E-state index >= 15 is 0 Å². The lowest BCUT2D eigenvalue weighted by Gasteiger charge is -2.00. The molecular formula is C10H10ClN3S. The van der Waals surface area contributed by atoms with Gasteiger partial charge in [-0.3, -0.25) is 0 Å². The Morgan fingerprint density at radius 1 is 1.33 bits per heavy atom. The second-order valence-electron chi connectivity index (χ2n) is 3.08. The van der Waals surface area contributed by atoms with Crippen molar-refractivity contribution < 1.29 is 0 Å². The molecule has 2 rings (SSSR count). The molecule has 0 aliphatic carbocycles. The summed E-state index contributed by atoms with van der Waals surface area (Å²) in [4.78, 5) is 1.14. The van der Waals surface area contributed by atoms with E-state index in [1.54, 1.807) is 0 Å². The molecule has 1 N–H and O–H groups in total. The second kappa shape index (κ2) is 4.70. The fraction of sp³-hybridized carbons (Fsp3) is 0.200. The van der Waals surface area contributed by atoms with Gasteiger partial charge in [0.1, 0.15) is 5.69 Å². The molecule has 0 spiro atoms. The number of rotatable bonds is 3. The number of nitrogens with zero attached hydrogens (tertiary/aromatic N) is 2. The summed E-state index contributed by atoms with van der Waals surface area (Å²) in [7, 11) is 1.91. The third-order valence-electron chi connectivity index (χ3n) is 2.01. The Kier molecular flexibility index (Phi) is 3.30. The highest BCUT2D eigenvalue weighted by Gasteiger charge is 2.08. The quantitative estimate of drug-likeness (QED) is 0.895.